The number of aromatic nitrogens is 4. The van der Waals surface area contributed by atoms with Gasteiger partial charge in [-0.1, -0.05) is 17.3 Å². The Labute approximate surface area is 157 Å². The number of amides is 1. The third kappa shape index (κ3) is 3.96. The zero-order valence-electron chi connectivity index (χ0n) is 15.4. The van der Waals surface area contributed by atoms with Crippen LogP contribution in [0.5, 0.6) is 0 Å². The first-order chi connectivity index (χ1) is 13.1. The summed E-state index contributed by atoms with van der Waals surface area (Å²) in [7, 11) is 1.84. The number of ether oxygens (including phenoxy) is 1. The van der Waals surface area contributed by atoms with Crippen LogP contribution in [-0.2, 0) is 16.6 Å². The van der Waals surface area contributed by atoms with Gasteiger partial charge in [-0.15, -0.1) is 5.10 Å². The van der Waals surface area contributed by atoms with Crippen LogP contribution in [0.4, 0.5) is 5.82 Å². The highest BCUT2D eigenvalue weighted by Crippen LogP contribution is 2.24. The maximum atomic E-state index is 12.4. The Morgan fingerprint density at radius 2 is 2.22 bits per heavy atom. The Morgan fingerprint density at radius 1 is 1.33 bits per heavy atom. The van der Waals surface area contributed by atoms with E-state index in [0.29, 0.717) is 25.6 Å². The van der Waals surface area contributed by atoms with Crippen molar-refractivity contribution in [2.45, 2.75) is 13.0 Å². The quantitative estimate of drug-likeness (QED) is 0.756. The minimum absolute atomic E-state index is 0.0688. The van der Waals surface area contributed by atoms with E-state index in [9.17, 15) is 4.79 Å². The molecular weight excluding hydrogens is 344 g/mol. The van der Waals surface area contributed by atoms with E-state index in [1.807, 2.05) is 37.5 Å². The summed E-state index contributed by atoms with van der Waals surface area (Å²) in [5, 5.41) is 13.0. The summed E-state index contributed by atoms with van der Waals surface area (Å²) in [5.41, 5.74) is 1.78. The molecule has 1 aliphatic rings. The maximum Gasteiger partial charge on any atom is 0.239 e. The summed E-state index contributed by atoms with van der Waals surface area (Å²) in [6.07, 6.45) is 3.64. The molecule has 0 unspecified atom stereocenters. The monoisotopic (exact) mass is 366 g/mol. The van der Waals surface area contributed by atoms with E-state index in [1.165, 1.54) is 0 Å². The molecular formula is C19H22N6O2. The van der Waals surface area contributed by atoms with Crippen molar-refractivity contribution in [2.24, 2.45) is 7.05 Å². The van der Waals surface area contributed by atoms with Crippen LogP contribution in [0.1, 0.15) is 6.92 Å². The highest BCUT2D eigenvalue weighted by molar-refractivity contribution is 5.94. The van der Waals surface area contributed by atoms with Gasteiger partial charge in [0.05, 0.1) is 26.0 Å². The zero-order chi connectivity index (χ0) is 18.8. The number of benzene rings is 1. The minimum Gasteiger partial charge on any atom is -0.379 e. The van der Waals surface area contributed by atoms with E-state index >= 15 is 0 Å². The van der Waals surface area contributed by atoms with Crippen LogP contribution in [0.3, 0.4) is 0 Å². The molecule has 1 amide bonds. The number of pyridine rings is 1. The van der Waals surface area contributed by atoms with Crippen molar-refractivity contribution in [2.75, 3.05) is 31.6 Å². The van der Waals surface area contributed by atoms with E-state index in [4.69, 9.17) is 4.74 Å². The van der Waals surface area contributed by atoms with Crippen LogP contribution in [0.15, 0.2) is 36.7 Å². The fourth-order valence-corrected chi connectivity index (χ4v) is 3.21. The second-order valence-corrected chi connectivity index (χ2v) is 6.85. The summed E-state index contributed by atoms with van der Waals surface area (Å²) in [4.78, 5) is 18.9. The van der Waals surface area contributed by atoms with Gasteiger partial charge in [0.2, 0.25) is 5.91 Å². The molecule has 3 aromatic rings. The van der Waals surface area contributed by atoms with Crippen molar-refractivity contribution in [1.29, 1.82) is 0 Å². The number of anilines is 1. The molecule has 0 spiro atoms. The summed E-state index contributed by atoms with van der Waals surface area (Å²) in [5.74, 6) is 0.477. The number of carbonyl (C=O) groups is 1. The Balaban J connectivity index is 1.51. The van der Waals surface area contributed by atoms with Crippen LogP contribution >= 0.6 is 0 Å². The van der Waals surface area contributed by atoms with Gasteiger partial charge in [0.1, 0.15) is 11.5 Å². The van der Waals surface area contributed by atoms with E-state index < -0.39 is 0 Å². The third-order valence-corrected chi connectivity index (χ3v) is 4.74. The molecule has 1 aliphatic heterocycles. The highest BCUT2D eigenvalue weighted by Gasteiger charge is 2.21. The van der Waals surface area contributed by atoms with Crippen LogP contribution in [0, 0.1) is 0 Å². The lowest BCUT2D eigenvalue weighted by Crippen LogP contribution is -2.47. The number of rotatable bonds is 4. The van der Waals surface area contributed by atoms with Crippen molar-refractivity contribution in [1.82, 2.24) is 24.9 Å². The predicted molar refractivity (Wildman–Crippen MR) is 102 cm³/mol. The molecule has 0 bridgehead atoms. The molecule has 1 atom stereocenters. The largest absolute Gasteiger partial charge is 0.379 e. The van der Waals surface area contributed by atoms with Gasteiger partial charge in [-0.25, -0.2) is 4.98 Å². The zero-order valence-corrected chi connectivity index (χ0v) is 15.4. The molecule has 0 aliphatic carbocycles. The maximum absolute atomic E-state index is 12.4. The first kappa shape index (κ1) is 17.6. The van der Waals surface area contributed by atoms with Crippen molar-refractivity contribution in [3.05, 3.63) is 36.7 Å². The third-order valence-electron chi connectivity index (χ3n) is 4.74. The lowest BCUT2D eigenvalue weighted by molar-refractivity contribution is -0.119. The number of hydrogen-bond acceptors (Lipinski definition) is 6. The molecule has 1 saturated heterocycles. The Hall–Kier alpha value is -2.84. The molecule has 1 fully saturated rings. The van der Waals surface area contributed by atoms with Crippen LogP contribution in [-0.4, -0.2) is 63.1 Å². The van der Waals surface area contributed by atoms with Crippen LogP contribution < -0.4 is 5.32 Å². The second-order valence-electron chi connectivity index (χ2n) is 6.85. The lowest BCUT2D eigenvalue weighted by Gasteiger charge is -2.32. The van der Waals surface area contributed by atoms with Gasteiger partial charge in [-0.2, -0.15) is 0 Å². The van der Waals surface area contributed by atoms with E-state index in [2.05, 4.69) is 32.4 Å². The Bertz CT molecular complexity index is 970. The van der Waals surface area contributed by atoms with Crippen LogP contribution in [0.25, 0.3) is 22.0 Å². The van der Waals surface area contributed by atoms with E-state index in [0.717, 1.165) is 28.6 Å². The van der Waals surface area contributed by atoms with Gasteiger partial charge >= 0.3 is 0 Å². The number of nitrogens with zero attached hydrogens (tertiary/aromatic N) is 5. The molecule has 1 N–H and O–H groups in total. The van der Waals surface area contributed by atoms with Gasteiger partial charge in [-0.3, -0.25) is 14.4 Å². The van der Waals surface area contributed by atoms with Gasteiger partial charge in [-0.05, 0) is 24.4 Å². The summed E-state index contributed by atoms with van der Waals surface area (Å²) < 4.78 is 7.08. The first-order valence-electron chi connectivity index (χ1n) is 8.96. The van der Waals surface area contributed by atoms with Gasteiger partial charge in [0.25, 0.3) is 0 Å². The van der Waals surface area contributed by atoms with Gasteiger partial charge in [0, 0.05) is 36.8 Å². The second kappa shape index (κ2) is 7.42. The normalized spacial score (nSPS) is 17.9. The lowest BCUT2D eigenvalue weighted by atomic mass is 10.1. The van der Waals surface area contributed by atoms with E-state index in [1.54, 1.807) is 10.9 Å². The molecule has 140 valence electrons. The smallest absolute Gasteiger partial charge is 0.239 e. The van der Waals surface area contributed by atoms with Crippen molar-refractivity contribution in [3.63, 3.8) is 0 Å². The molecule has 1 aromatic carbocycles. The first-order valence-corrected chi connectivity index (χ1v) is 8.96. The number of fused-ring (bicyclic) bond motifs is 1. The topological polar surface area (TPSA) is 85.2 Å². The average molecular weight is 366 g/mol. The fraction of sp³-hybridized carbons (Fsp3) is 0.368. The number of aryl methyl sites for hydroxylation is 1. The minimum atomic E-state index is -0.0688. The fourth-order valence-electron chi connectivity index (χ4n) is 3.21. The van der Waals surface area contributed by atoms with Crippen molar-refractivity contribution in [3.8, 4) is 11.3 Å². The molecule has 27 heavy (non-hydrogen) atoms. The number of hydrogen-bond donors (Lipinski definition) is 1. The van der Waals surface area contributed by atoms with Gasteiger partial charge < -0.3 is 10.1 Å². The molecule has 0 saturated carbocycles. The number of carbonyl (C=O) groups excluding carboxylic acids is 1. The number of morpholine rings is 1. The van der Waals surface area contributed by atoms with E-state index in [-0.39, 0.29) is 11.9 Å². The summed E-state index contributed by atoms with van der Waals surface area (Å²) in [6.45, 7) is 4.49. The predicted octanol–water partition coefficient (Wildman–Crippen LogP) is 1.69. The van der Waals surface area contributed by atoms with Gasteiger partial charge in [0.15, 0.2) is 0 Å². The molecule has 2 aromatic heterocycles. The van der Waals surface area contributed by atoms with Crippen molar-refractivity contribution >= 4 is 22.5 Å². The average Bonchev–Trinajstić information content (AvgIpc) is 3.09. The Morgan fingerprint density at radius 3 is 3.00 bits per heavy atom. The summed E-state index contributed by atoms with van der Waals surface area (Å²) >= 11 is 0. The van der Waals surface area contributed by atoms with Crippen molar-refractivity contribution < 1.29 is 9.53 Å². The summed E-state index contributed by atoms with van der Waals surface area (Å²) in [6, 6.07) is 8.14. The Kier molecular flexibility index (Phi) is 4.83. The van der Waals surface area contributed by atoms with Crippen LogP contribution in [0.2, 0.25) is 0 Å². The molecule has 8 nitrogen and oxygen atoms in total. The highest BCUT2D eigenvalue weighted by atomic mass is 16.5. The SMILES string of the molecule is C[C@@H]1COCCN1CC(=O)Nc1cc2cc(-c3cn(C)nn3)ccc2cn1. The number of nitrogens with one attached hydrogen (secondary N) is 1. The standard InChI is InChI=1S/C19H22N6O2/c1-13-12-27-6-5-25(13)11-19(26)21-18-8-16-7-14(3-4-15(16)9-20-18)17-10-24(2)23-22-17/h3-4,7-10,13H,5-6,11-12H2,1-2H3,(H,20,21,26)/t13-/m1/s1. The molecule has 8 heteroatoms. The molecule has 4 rings (SSSR count). The molecule has 3 heterocycles. The molecule has 0 radical (unpaired) electrons.